The van der Waals surface area contributed by atoms with E-state index in [-0.39, 0.29) is 12.0 Å². The summed E-state index contributed by atoms with van der Waals surface area (Å²) in [5.74, 6) is -1.35. The van der Waals surface area contributed by atoms with Crippen LogP contribution in [0.4, 0.5) is 18.9 Å². The number of nitrogens with zero attached hydrogens (tertiary/aromatic N) is 1. The zero-order valence-corrected chi connectivity index (χ0v) is 15.5. The van der Waals surface area contributed by atoms with Gasteiger partial charge in [0.25, 0.3) is 5.91 Å². The van der Waals surface area contributed by atoms with Crippen molar-refractivity contribution in [1.29, 1.82) is 0 Å². The number of amides is 1. The van der Waals surface area contributed by atoms with E-state index in [1.807, 2.05) is 12.1 Å². The minimum Gasteiger partial charge on any atom is -0.481 e. The molecule has 0 radical (unpaired) electrons. The number of para-hydroxylation sites is 1. The third-order valence-corrected chi connectivity index (χ3v) is 4.43. The van der Waals surface area contributed by atoms with E-state index in [0.717, 1.165) is 30.5 Å². The number of carbonyl (C=O) groups excluding carboxylic acids is 1. The summed E-state index contributed by atoms with van der Waals surface area (Å²) in [6.07, 6.45) is -1.66. The first-order chi connectivity index (χ1) is 13.2. The van der Waals surface area contributed by atoms with Crippen LogP contribution in [0.5, 0.6) is 0 Å². The summed E-state index contributed by atoms with van der Waals surface area (Å²) in [6, 6.07) is 11.6. The summed E-state index contributed by atoms with van der Waals surface area (Å²) in [7, 11) is 1.53. The summed E-state index contributed by atoms with van der Waals surface area (Å²) >= 11 is 0. The quantitative estimate of drug-likeness (QED) is 0.630. The van der Waals surface area contributed by atoms with Crippen LogP contribution in [0, 0.1) is 0 Å². The van der Waals surface area contributed by atoms with Gasteiger partial charge in [0.2, 0.25) is 0 Å². The molecular formula is C21H22F3NO3. The van der Waals surface area contributed by atoms with E-state index in [4.69, 9.17) is 5.11 Å². The van der Waals surface area contributed by atoms with Gasteiger partial charge in [-0.1, -0.05) is 30.7 Å². The maximum absolute atomic E-state index is 12.9. The monoisotopic (exact) mass is 393 g/mol. The molecule has 2 rings (SSSR count). The average molecular weight is 393 g/mol. The largest absolute Gasteiger partial charge is 0.481 e. The van der Waals surface area contributed by atoms with Crippen molar-refractivity contribution in [2.45, 2.75) is 38.3 Å². The van der Waals surface area contributed by atoms with Gasteiger partial charge in [-0.25, -0.2) is 0 Å². The number of hydrogen-bond acceptors (Lipinski definition) is 2. The molecule has 0 aliphatic heterocycles. The Labute approximate surface area is 161 Å². The Morgan fingerprint density at radius 1 is 1.00 bits per heavy atom. The van der Waals surface area contributed by atoms with Gasteiger partial charge >= 0.3 is 12.1 Å². The number of hydrogen-bond donors (Lipinski definition) is 1. The molecule has 0 spiro atoms. The molecule has 2 aromatic rings. The molecule has 0 saturated heterocycles. The second kappa shape index (κ2) is 9.39. The fourth-order valence-corrected chi connectivity index (χ4v) is 2.95. The molecule has 4 nitrogen and oxygen atoms in total. The van der Waals surface area contributed by atoms with Crippen LogP contribution in [-0.4, -0.2) is 24.0 Å². The number of unbranched alkanes of at least 4 members (excludes halogenated alkanes) is 2. The number of carbonyl (C=O) groups is 2. The van der Waals surface area contributed by atoms with Gasteiger partial charge in [-0.05, 0) is 49.1 Å². The first-order valence-corrected chi connectivity index (χ1v) is 8.95. The van der Waals surface area contributed by atoms with Crippen molar-refractivity contribution in [2.24, 2.45) is 0 Å². The Morgan fingerprint density at radius 3 is 2.39 bits per heavy atom. The Bertz CT molecular complexity index is 834. The van der Waals surface area contributed by atoms with Crippen LogP contribution in [0.1, 0.15) is 47.2 Å². The Morgan fingerprint density at radius 2 is 1.71 bits per heavy atom. The normalized spacial score (nSPS) is 11.3. The Kier molecular flexibility index (Phi) is 7.20. The van der Waals surface area contributed by atoms with Gasteiger partial charge in [-0.3, -0.25) is 9.59 Å². The van der Waals surface area contributed by atoms with E-state index < -0.39 is 23.6 Å². The molecule has 1 N–H and O–H groups in total. The van der Waals surface area contributed by atoms with Crippen molar-refractivity contribution in [3.8, 4) is 0 Å². The van der Waals surface area contributed by atoms with Crippen molar-refractivity contribution in [2.75, 3.05) is 11.9 Å². The van der Waals surface area contributed by atoms with E-state index in [9.17, 15) is 22.8 Å². The maximum Gasteiger partial charge on any atom is 0.416 e. The molecule has 7 heteroatoms. The smallest absolute Gasteiger partial charge is 0.416 e. The Hall–Kier alpha value is -2.83. The van der Waals surface area contributed by atoms with E-state index in [0.29, 0.717) is 18.5 Å². The lowest BCUT2D eigenvalue weighted by Crippen LogP contribution is -2.27. The van der Waals surface area contributed by atoms with Crippen LogP contribution >= 0.6 is 0 Å². The minimum absolute atomic E-state index is 0.0337. The summed E-state index contributed by atoms with van der Waals surface area (Å²) in [5.41, 5.74) is 0.621. The van der Waals surface area contributed by atoms with Crippen LogP contribution in [-0.2, 0) is 17.4 Å². The van der Waals surface area contributed by atoms with Crippen LogP contribution in [0.25, 0.3) is 0 Å². The second-order valence-electron chi connectivity index (χ2n) is 6.53. The van der Waals surface area contributed by atoms with Gasteiger partial charge in [-0.15, -0.1) is 0 Å². The molecule has 0 bridgehead atoms. The molecule has 0 saturated carbocycles. The van der Waals surface area contributed by atoms with E-state index >= 15 is 0 Å². The highest BCUT2D eigenvalue weighted by molar-refractivity contribution is 6.06. The predicted molar refractivity (Wildman–Crippen MR) is 100 cm³/mol. The molecule has 0 unspecified atom stereocenters. The summed E-state index contributed by atoms with van der Waals surface area (Å²) in [4.78, 5) is 24.6. The zero-order valence-electron chi connectivity index (χ0n) is 15.5. The summed E-state index contributed by atoms with van der Waals surface area (Å²) in [5, 5.41) is 8.67. The van der Waals surface area contributed by atoms with Crippen LogP contribution in [0.15, 0.2) is 48.5 Å². The molecule has 150 valence electrons. The summed E-state index contributed by atoms with van der Waals surface area (Å²) in [6.45, 7) is 0. The van der Waals surface area contributed by atoms with Gasteiger partial charge in [0.15, 0.2) is 0 Å². The lowest BCUT2D eigenvalue weighted by atomic mass is 10.0. The maximum atomic E-state index is 12.9. The molecular weight excluding hydrogens is 371 g/mol. The van der Waals surface area contributed by atoms with Gasteiger partial charge in [0.05, 0.1) is 5.56 Å². The number of aliphatic carboxylic acids is 1. The van der Waals surface area contributed by atoms with E-state index in [1.165, 1.54) is 24.1 Å². The number of alkyl halides is 3. The molecule has 2 aromatic carbocycles. The van der Waals surface area contributed by atoms with Crippen molar-refractivity contribution >= 4 is 17.6 Å². The first-order valence-electron chi connectivity index (χ1n) is 8.95. The molecule has 28 heavy (non-hydrogen) atoms. The topological polar surface area (TPSA) is 57.6 Å². The van der Waals surface area contributed by atoms with Gasteiger partial charge in [0.1, 0.15) is 0 Å². The number of rotatable bonds is 8. The third-order valence-electron chi connectivity index (χ3n) is 4.43. The van der Waals surface area contributed by atoms with E-state index in [1.54, 1.807) is 12.1 Å². The van der Waals surface area contributed by atoms with Crippen molar-refractivity contribution < 1.29 is 27.9 Å². The molecule has 0 fully saturated rings. The van der Waals surface area contributed by atoms with Crippen LogP contribution in [0.3, 0.4) is 0 Å². The fraction of sp³-hybridized carbons (Fsp3) is 0.333. The minimum atomic E-state index is -4.51. The first kappa shape index (κ1) is 21.5. The predicted octanol–water partition coefficient (Wildman–Crippen LogP) is 5.17. The number of anilines is 1. The summed E-state index contributed by atoms with van der Waals surface area (Å²) < 4.78 is 38.7. The van der Waals surface area contributed by atoms with Crippen LogP contribution < -0.4 is 4.90 Å². The highest BCUT2D eigenvalue weighted by Crippen LogP contribution is 2.30. The SMILES string of the molecule is CN(C(=O)c1cccc(C(F)(F)F)c1)c1ccccc1CCCCCC(=O)O. The lowest BCUT2D eigenvalue weighted by molar-refractivity contribution is -0.138. The number of carboxylic acid groups (broad SMARTS) is 1. The number of halogens is 3. The molecule has 0 aliphatic carbocycles. The number of benzene rings is 2. The highest BCUT2D eigenvalue weighted by Gasteiger charge is 2.31. The highest BCUT2D eigenvalue weighted by atomic mass is 19.4. The average Bonchev–Trinajstić information content (AvgIpc) is 2.66. The van der Waals surface area contributed by atoms with Gasteiger partial charge < -0.3 is 10.0 Å². The molecule has 0 aliphatic rings. The van der Waals surface area contributed by atoms with Crippen molar-refractivity contribution in [3.05, 3.63) is 65.2 Å². The second-order valence-corrected chi connectivity index (χ2v) is 6.53. The van der Waals surface area contributed by atoms with E-state index in [2.05, 4.69) is 0 Å². The van der Waals surface area contributed by atoms with Crippen molar-refractivity contribution in [1.82, 2.24) is 0 Å². The standard InChI is InChI=1S/C21H22F3NO3/c1-25(20(28)16-10-7-11-17(14-16)21(22,23)24)18-12-6-5-9-15(18)8-3-2-4-13-19(26)27/h5-7,9-12,14H,2-4,8,13H2,1H3,(H,26,27). The Balaban J connectivity index is 2.12. The lowest BCUT2D eigenvalue weighted by Gasteiger charge is -2.21. The van der Waals surface area contributed by atoms with Gasteiger partial charge in [-0.2, -0.15) is 13.2 Å². The molecule has 0 heterocycles. The third kappa shape index (κ3) is 5.84. The van der Waals surface area contributed by atoms with Crippen molar-refractivity contribution in [3.63, 3.8) is 0 Å². The molecule has 0 atom stereocenters. The molecule has 1 amide bonds. The number of aryl methyl sites for hydroxylation is 1. The van der Waals surface area contributed by atoms with Gasteiger partial charge in [0, 0.05) is 24.7 Å². The number of carboxylic acids is 1. The molecule has 0 aromatic heterocycles. The van der Waals surface area contributed by atoms with Crippen LogP contribution in [0.2, 0.25) is 0 Å². The fourth-order valence-electron chi connectivity index (χ4n) is 2.95. The zero-order chi connectivity index (χ0) is 20.7.